The van der Waals surface area contributed by atoms with Crippen molar-refractivity contribution in [2.45, 2.75) is 11.4 Å². The van der Waals surface area contributed by atoms with Gasteiger partial charge in [-0.2, -0.15) is 0 Å². The fraction of sp³-hybridized carbons (Fsp3) is 0.368. The third-order valence-corrected chi connectivity index (χ3v) is 5.51. The SMILES string of the molecule is O=C(NCCSc1ccc(Cl)cc1)N1CCN(Cc2cccnc2)CC1. The molecule has 138 valence electrons. The van der Waals surface area contributed by atoms with Crippen molar-refractivity contribution in [1.82, 2.24) is 20.1 Å². The number of piperazine rings is 1. The van der Waals surface area contributed by atoms with Crippen molar-refractivity contribution in [3.05, 3.63) is 59.4 Å². The van der Waals surface area contributed by atoms with Crippen molar-refractivity contribution in [3.8, 4) is 0 Å². The van der Waals surface area contributed by atoms with Crippen LogP contribution >= 0.6 is 23.4 Å². The molecule has 2 amide bonds. The van der Waals surface area contributed by atoms with Crippen LogP contribution in [0.25, 0.3) is 0 Å². The van der Waals surface area contributed by atoms with Gasteiger partial charge in [-0.25, -0.2) is 4.79 Å². The van der Waals surface area contributed by atoms with Crippen molar-refractivity contribution < 1.29 is 4.79 Å². The maximum Gasteiger partial charge on any atom is 0.317 e. The minimum absolute atomic E-state index is 0.0303. The van der Waals surface area contributed by atoms with Crippen molar-refractivity contribution in [2.75, 3.05) is 38.5 Å². The van der Waals surface area contributed by atoms with E-state index in [1.165, 1.54) is 5.56 Å². The second-order valence-corrected chi connectivity index (χ2v) is 7.76. The summed E-state index contributed by atoms with van der Waals surface area (Å²) >= 11 is 7.59. The van der Waals surface area contributed by atoms with Crippen LogP contribution in [0.4, 0.5) is 4.79 Å². The molecule has 1 fully saturated rings. The third kappa shape index (κ3) is 5.90. The van der Waals surface area contributed by atoms with Gasteiger partial charge in [0.2, 0.25) is 0 Å². The van der Waals surface area contributed by atoms with E-state index in [0.29, 0.717) is 6.54 Å². The molecule has 5 nitrogen and oxygen atoms in total. The number of pyridine rings is 1. The highest BCUT2D eigenvalue weighted by molar-refractivity contribution is 7.99. The summed E-state index contributed by atoms with van der Waals surface area (Å²) in [7, 11) is 0. The van der Waals surface area contributed by atoms with E-state index in [2.05, 4.69) is 21.3 Å². The summed E-state index contributed by atoms with van der Waals surface area (Å²) in [6.07, 6.45) is 3.69. The van der Waals surface area contributed by atoms with Gasteiger partial charge in [0.1, 0.15) is 0 Å². The molecule has 0 radical (unpaired) electrons. The quantitative estimate of drug-likeness (QED) is 0.607. The Morgan fingerprint density at radius 3 is 2.62 bits per heavy atom. The number of carbonyl (C=O) groups excluding carboxylic acids is 1. The van der Waals surface area contributed by atoms with Gasteiger partial charge < -0.3 is 10.2 Å². The lowest BCUT2D eigenvalue weighted by atomic mass is 10.2. The van der Waals surface area contributed by atoms with Gasteiger partial charge in [0.05, 0.1) is 0 Å². The van der Waals surface area contributed by atoms with E-state index in [0.717, 1.165) is 48.4 Å². The molecular formula is C19H23ClN4OS. The Balaban J connectivity index is 1.32. The highest BCUT2D eigenvalue weighted by Gasteiger charge is 2.20. The molecule has 2 aromatic rings. The summed E-state index contributed by atoms with van der Waals surface area (Å²) in [6.45, 7) is 4.85. The highest BCUT2D eigenvalue weighted by atomic mass is 35.5. The van der Waals surface area contributed by atoms with E-state index in [4.69, 9.17) is 11.6 Å². The van der Waals surface area contributed by atoms with Gasteiger partial charge >= 0.3 is 6.03 Å². The molecule has 0 saturated carbocycles. The van der Waals surface area contributed by atoms with Crippen LogP contribution in [0.15, 0.2) is 53.7 Å². The van der Waals surface area contributed by atoms with E-state index < -0.39 is 0 Å². The predicted octanol–water partition coefficient (Wildman–Crippen LogP) is 3.35. The maximum atomic E-state index is 12.3. The van der Waals surface area contributed by atoms with Crippen LogP contribution in [0, 0.1) is 0 Å². The fourth-order valence-electron chi connectivity index (χ4n) is 2.83. The van der Waals surface area contributed by atoms with Gasteiger partial charge in [-0.1, -0.05) is 17.7 Å². The van der Waals surface area contributed by atoms with Crippen molar-refractivity contribution in [3.63, 3.8) is 0 Å². The lowest BCUT2D eigenvalue weighted by Crippen LogP contribution is -2.51. The number of thioether (sulfide) groups is 1. The van der Waals surface area contributed by atoms with Crippen molar-refractivity contribution in [1.29, 1.82) is 0 Å². The monoisotopic (exact) mass is 390 g/mol. The number of amides is 2. The molecule has 26 heavy (non-hydrogen) atoms. The zero-order valence-electron chi connectivity index (χ0n) is 14.6. The van der Waals surface area contributed by atoms with Gasteiger partial charge in [0, 0.05) is 67.3 Å². The number of nitrogens with one attached hydrogen (secondary N) is 1. The van der Waals surface area contributed by atoms with E-state index in [9.17, 15) is 4.79 Å². The molecule has 7 heteroatoms. The van der Waals surface area contributed by atoms with E-state index in [-0.39, 0.29) is 6.03 Å². The number of nitrogens with zero attached hydrogens (tertiary/aromatic N) is 3. The summed E-state index contributed by atoms with van der Waals surface area (Å²) < 4.78 is 0. The number of halogens is 1. The Hall–Kier alpha value is -1.76. The Labute approximate surface area is 163 Å². The molecule has 1 aliphatic rings. The molecule has 1 aromatic carbocycles. The molecule has 1 aliphatic heterocycles. The summed E-state index contributed by atoms with van der Waals surface area (Å²) in [4.78, 5) is 21.8. The van der Waals surface area contributed by atoms with Crippen LogP contribution in [0.3, 0.4) is 0 Å². The second-order valence-electron chi connectivity index (χ2n) is 6.16. The number of carbonyl (C=O) groups is 1. The molecule has 0 unspecified atom stereocenters. The Morgan fingerprint density at radius 2 is 1.92 bits per heavy atom. The molecular weight excluding hydrogens is 368 g/mol. The topological polar surface area (TPSA) is 48.5 Å². The molecule has 0 aliphatic carbocycles. The number of aromatic nitrogens is 1. The molecule has 1 saturated heterocycles. The van der Waals surface area contributed by atoms with Crippen molar-refractivity contribution in [2.24, 2.45) is 0 Å². The van der Waals surface area contributed by atoms with Gasteiger partial charge in [-0.05, 0) is 35.9 Å². The minimum Gasteiger partial charge on any atom is -0.337 e. The lowest BCUT2D eigenvalue weighted by Gasteiger charge is -2.34. The molecule has 0 atom stereocenters. The van der Waals surface area contributed by atoms with Gasteiger partial charge in [-0.15, -0.1) is 11.8 Å². The van der Waals surface area contributed by atoms with Crippen molar-refractivity contribution >= 4 is 29.4 Å². The zero-order chi connectivity index (χ0) is 18.2. The van der Waals surface area contributed by atoms with Crippen LogP contribution in [-0.4, -0.2) is 59.3 Å². The first-order valence-corrected chi connectivity index (χ1v) is 10.1. The average Bonchev–Trinajstić information content (AvgIpc) is 2.68. The number of rotatable bonds is 6. The average molecular weight is 391 g/mol. The van der Waals surface area contributed by atoms with Gasteiger partial charge in [0.25, 0.3) is 0 Å². The summed E-state index contributed by atoms with van der Waals surface area (Å²) in [6, 6.07) is 11.8. The molecule has 1 aromatic heterocycles. The maximum absolute atomic E-state index is 12.3. The molecule has 3 rings (SSSR count). The lowest BCUT2D eigenvalue weighted by molar-refractivity contribution is 0.135. The second kappa shape index (κ2) is 9.80. The number of benzene rings is 1. The van der Waals surface area contributed by atoms with Crippen LogP contribution in [-0.2, 0) is 6.54 Å². The molecule has 0 spiro atoms. The summed E-state index contributed by atoms with van der Waals surface area (Å²) in [5.41, 5.74) is 1.21. The first-order valence-electron chi connectivity index (χ1n) is 8.73. The normalized spacial score (nSPS) is 15.0. The first kappa shape index (κ1) is 19.0. The fourth-order valence-corrected chi connectivity index (χ4v) is 3.72. The highest BCUT2D eigenvalue weighted by Crippen LogP contribution is 2.19. The van der Waals surface area contributed by atoms with E-state index in [1.807, 2.05) is 41.4 Å². The Bertz CT molecular complexity index is 690. The third-order valence-electron chi connectivity index (χ3n) is 4.25. The van der Waals surface area contributed by atoms with Gasteiger partial charge in [0.15, 0.2) is 0 Å². The Morgan fingerprint density at radius 1 is 1.15 bits per heavy atom. The zero-order valence-corrected chi connectivity index (χ0v) is 16.2. The summed E-state index contributed by atoms with van der Waals surface area (Å²) in [5.74, 6) is 0.842. The first-order chi connectivity index (χ1) is 12.7. The molecule has 0 bridgehead atoms. The molecule has 1 N–H and O–H groups in total. The molecule has 2 heterocycles. The Kier molecular flexibility index (Phi) is 7.17. The van der Waals surface area contributed by atoms with Crippen LogP contribution < -0.4 is 5.32 Å². The number of hydrogen-bond donors (Lipinski definition) is 1. The standard InChI is InChI=1S/C19H23ClN4OS/c20-17-3-5-18(6-4-17)26-13-8-22-19(25)24-11-9-23(10-12-24)15-16-2-1-7-21-14-16/h1-7,14H,8-13,15H2,(H,22,25). The van der Waals surface area contributed by atoms with E-state index in [1.54, 1.807) is 18.0 Å². The number of hydrogen-bond acceptors (Lipinski definition) is 4. The predicted molar refractivity (Wildman–Crippen MR) is 107 cm³/mol. The largest absolute Gasteiger partial charge is 0.337 e. The van der Waals surface area contributed by atoms with Crippen LogP contribution in [0.1, 0.15) is 5.56 Å². The summed E-state index contributed by atoms with van der Waals surface area (Å²) in [5, 5.41) is 3.75. The van der Waals surface area contributed by atoms with E-state index >= 15 is 0 Å². The minimum atomic E-state index is 0.0303. The van der Waals surface area contributed by atoms with Crippen LogP contribution in [0.5, 0.6) is 0 Å². The van der Waals surface area contributed by atoms with Crippen LogP contribution in [0.2, 0.25) is 5.02 Å². The number of urea groups is 1. The smallest absolute Gasteiger partial charge is 0.317 e. The van der Waals surface area contributed by atoms with Gasteiger partial charge in [-0.3, -0.25) is 9.88 Å².